The standard InChI is InChI=1S/C21H22BrN3O2/c1-12-11-23-25(17-10-6-8-15-7-4-5-9-16(15)17)20(12)24-21(26)18-13(2)27-14(3)19(18)22/h4-5,7,9,11,17H,6,8,10H2,1-3H3,(H,24,26). The van der Waals surface area contributed by atoms with Crippen molar-refractivity contribution in [2.45, 2.75) is 46.1 Å². The summed E-state index contributed by atoms with van der Waals surface area (Å²) in [5, 5.41) is 7.67. The molecule has 0 saturated carbocycles. The Hall–Kier alpha value is -2.34. The van der Waals surface area contributed by atoms with Crippen LogP contribution in [0.4, 0.5) is 5.82 Å². The minimum atomic E-state index is -0.190. The molecule has 1 atom stereocenters. The Balaban J connectivity index is 1.70. The minimum Gasteiger partial charge on any atom is -0.465 e. The van der Waals surface area contributed by atoms with Gasteiger partial charge in [-0.05, 0) is 67.1 Å². The number of nitrogens with zero attached hydrogens (tertiary/aromatic N) is 2. The van der Waals surface area contributed by atoms with Gasteiger partial charge in [-0.1, -0.05) is 24.3 Å². The zero-order valence-electron chi connectivity index (χ0n) is 15.7. The third kappa shape index (κ3) is 3.12. The number of rotatable bonds is 3. The number of halogens is 1. The lowest BCUT2D eigenvalue weighted by Crippen LogP contribution is -2.23. The summed E-state index contributed by atoms with van der Waals surface area (Å²) in [6.07, 6.45) is 5.03. The number of nitrogens with one attached hydrogen (secondary N) is 1. The fourth-order valence-corrected chi connectivity index (χ4v) is 4.45. The van der Waals surface area contributed by atoms with E-state index in [0.717, 1.165) is 30.6 Å². The van der Waals surface area contributed by atoms with Crippen LogP contribution in [-0.2, 0) is 6.42 Å². The fraction of sp³-hybridized carbons (Fsp3) is 0.333. The Kier molecular flexibility index (Phi) is 4.68. The van der Waals surface area contributed by atoms with Gasteiger partial charge < -0.3 is 9.73 Å². The van der Waals surface area contributed by atoms with E-state index in [4.69, 9.17) is 4.42 Å². The second-order valence-corrected chi connectivity index (χ2v) is 7.88. The van der Waals surface area contributed by atoms with Crippen molar-refractivity contribution in [1.82, 2.24) is 9.78 Å². The topological polar surface area (TPSA) is 60.1 Å². The second-order valence-electron chi connectivity index (χ2n) is 7.09. The van der Waals surface area contributed by atoms with Gasteiger partial charge in [-0.3, -0.25) is 4.79 Å². The maximum atomic E-state index is 13.0. The first-order valence-electron chi connectivity index (χ1n) is 9.16. The highest BCUT2D eigenvalue weighted by Crippen LogP contribution is 2.35. The average molecular weight is 428 g/mol. The van der Waals surface area contributed by atoms with Gasteiger partial charge in [-0.15, -0.1) is 0 Å². The summed E-state index contributed by atoms with van der Waals surface area (Å²) in [6.45, 7) is 5.60. The first-order chi connectivity index (χ1) is 13.0. The van der Waals surface area contributed by atoms with E-state index in [-0.39, 0.29) is 11.9 Å². The number of fused-ring (bicyclic) bond motifs is 1. The van der Waals surface area contributed by atoms with Gasteiger partial charge in [0.05, 0.1) is 22.3 Å². The van der Waals surface area contributed by atoms with Crippen molar-refractivity contribution in [2.75, 3.05) is 5.32 Å². The maximum Gasteiger partial charge on any atom is 0.261 e. The number of hydrogen-bond donors (Lipinski definition) is 1. The van der Waals surface area contributed by atoms with Crippen molar-refractivity contribution in [3.05, 3.63) is 68.7 Å². The van der Waals surface area contributed by atoms with Gasteiger partial charge in [0, 0.05) is 5.56 Å². The van der Waals surface area contributed by atoms with Gasteiger partial charge in [0.25, 0.3) is 5.91 Å². The molecule has 2 heterocycles. The Morgan fingerprint density at radius 1 is 1.26 bits per heavy atom. The quantitative estimate of drug-likeness (QED) is 0.613. The van der Waals surface area contributed by atoms with Gasteiger partial charge in [-0.25, -0.2) is 4.68 Å². The smallest absolute Gasteiger partial charge is 0.261 e. The highest BCUT2D eigenvalue weighted by Gasteiger charge is 2.27. The molecule has 5 nitrogen and oxygen atoms in total. The largest absolute Gasteiger partial charge is 0.465 e. The Bertz CT molecular complexity index is 1020. The van der Waals surface area contributed by atoms with E-state index in [1.165, 1.54) is 11.1 Å². The molecule has 1 amide bonds. The van der Waals surface area contributed by atoms with Crippen molar-refractivity contribution in [2.24, 2.45) is 0 Å². The fourth-order valence-electron chi connectivity index (χ4n) is 3.91. The van der Waals surface area contributed by atoms with Gasteiger partial charge >= 0.3 is 0 Å². The summed E-state index contributed by atoms with van der Waals surface area (Å²) in [5.41, 5.74) is 4.13. The van der Waals surface area contributed by atoms with E-state index in [1.807, 2.05) is 24.7 Å². The predicted octanol–water partition coefficient (Wildman–Crippen LogP) is 5.34. The van der Waals surface area contributed by atoms with Crippen LogP contribution in [0.15, 0.2) is 39.4 Å². The highest BCUT2D eigenvalue weighted by molar-refractivity contribution is 9.10. The van der Waals surface area contributed by atoms with Crippen LogP contribution in [0.25, 0.3) is 0 Å². The van der Waals surface area contributed by atoms with E-state index in [2.05, 4.69) is 50.6 Å². The highest BCUT2D eigenvalue weighted by atomic mass is 79.9. The van der Waals surface area contributed by atoms with Gasteiger partial charge in [0.2, 0.25) is 0 Å². The number of furan rings is 1. The van der Waals surface area contributed by atoms with Crippen LogP contribution < -0.4 is 5.32 Å². The van der Waals surface area contributed by atoms with Gasteiger partial charge in [0.15, 0.2) is 0 Å². The van der Waals surface area contributed by atoms with E-state index in [0.29, 0.717) is 21.6 Å². The van der Waals surface area contributed by atoms with Gasteiger partial charge in [-0.2, -0.15) is 5.10 Å². The first kappa shape index (κ1) is 18.0. The molecule has 1 aromatic carbocycles. The van der Waals surface area contributed by atoms with Crippen molar-refractivity contribution >= 4 is 27.7 Å². The molecule has 2 aromatic heterocycles. The van der Waals surface area contributed by atoms with Crippen molar-refractivity contribution in [3.63, 3.8) is 0 Å². The van der Waals surface area contributed by atoms with Crippen LogP contribution in [-0.4, -0.2) is 15.7 Å². The Morgan fingerprint density at radius 3 is 2.78 bits per heavy atom. The van der Waals surface area contributed by atoms with Crippen LogP contribution in [0.2, 0.25) is 0 Å². The number of aromatic nitrogens is 2. The molecule has 0 fully saturated rings. The number of hydrogen-bond acceptors (Lipinski definition) is 3. The summed E-state index contributed by atoms with van der Waals surface area (Å²) < 4.78 is 8.24. The molecule has 6 heteroatoms. The van der Waals surface area contributed by atoms with E-state index < -0.39 is 0 Å². The van der Waals surface area contributed by atoms with Gasteiger partial charge in [0.1, 0.15) is 17.3 Å². The SMILES string of the molecule is Cc1cnn(C2CCCc3ccccc32)c1NC(=O)c1c(C)oc(C)c1Br. The second kappa shape index (κ2) is 7.00. The monoisotopic (exact) mass is 427 g/mol. The molecule has 0 saturated heterocycles. The van der Waals surface area contributed by atoms with Crippen LogP contribution in [0.3, 0.4) is 0 Å². The normalized spacial score (nSPS) is 16.2. The van der Waals surface area contributed by atoms with Crippen molar-refractivity contribution in [3.8, 4) is 0 Å². The third-order valence-electron chi connectivity index (χ3n) is 5.26. The maximum absolute atomic E-state index is 13.0. The molecule has 1 aliphatic carbocycles. The molecule has 140 valence electrons. The zero-order valence-corrected chi connectivity index (χ0v) is 17.3. The summed E-state index contributed by atoms with van der Waals surface area (Å²) in [6, 6.07) is 8.64. The molecule has 27 heavy (non-hydrogen) atoms. The molecule has 0 aliphatic heterocycles. The van der Waals surface area contributed by atoms with Crippen molar-refractivity contribution in [1.29, 1.82) is 0 Å². The average Bonchev–Trinajstić information content (AvgIpc) is 3.13. The molecular formula is C21H22BrN3O2. The van der Waals surface area contributed by atoms with E-state index in [1.54, 1.807) is 6.92 Å². The molecular weight excluding hydrogens is 406 g/mol. The summed E-state index contributed by atoms with van der Waals surface area (Å²) >= 11 is 3.46. The Labute approximate surface area is 166 Å². The number of anilines is 1. The molecule has 1 unspecified atom stereocenters. The lowest BCUT2D eigenvalue weighted by atomic mass is 9.88. The number of amides is 1. The van der Waals surface area contributed by atoms with E-state index in [9.17, 15) is 4.79 Å². The summed E-state index contributed by atoms with van der Waals surface area (Å²) in [4.78, 5) is 13.0. The first-order valence-corrected chi connectivity index (χ1v) is 9.95. The lowest BCUT2D eigenvalue weighted by molar-refractivity contribution is 0.102. The number of aryl methyl sites for hydroxylation is 4. The molecule has 0 radical (unpaired) electrons. The molecule has 4 rings (SSSR count). The molecule has 0 bridgehead atoms. The summed E-state index contributed by atoms with van der Waals surface area (Å²) in [5.74, 6) is 1.85. The lowest BCUT2D eigenvalue weighted by Gasteiger charge is -2.27. The molecule has 0 spiro atoms. The molecule has 3 aromatic rings. The molecule has 1 aliphatic rings. The van der Waals surface area contributed by atoms with E-state index >= 15 is 0 Å². The third-order valence-corrected chi connectivity index (χ3v) is 6.21. The van der Waals surface area contributed by atoms with Crippen molar-refractivity contribution < 1.29 is 9.21 Å². The predicted molar refractivity (Wildman–Crippen MR) is 108 cm³/mol. The zero-order chi connectivity index (χ0) is 19.1. The van der Waals surface area contributed by atoms with Crippen LogP contribution >= 0.6 is 15.9 Å². The van der Waals surface area contributed by atoms with Crippen LogP contribution in [0.1, 0.15) is 57.5 Å². The minimum absolute atomic E-state index is 0.134. The molecule has 1 N–H and O–H groups in total. The van der Waals surface area contributed by atoms with Crippen LogP contribution in [0.5, 0.6) is 0 Å². The van der Waals surface area contributed by atoms with Crippen LogP contribution in [0, 0.1) is 20.8 Å². The number of benzene rings is 1. The Morgan fingerprint density at radius 2 is 2.04 bits per heavy atom. The summed E-state index contributed by atoms with van der Waals surface area (Å²) in [7, 11) is 0. The number of carbonyl (C=O) groups excluding carboxylic acids is 1. The number of carbonyl (C=O) groups is 1.